The summed E-state index contributed by atoms with van der Waals surface area (Å²) in [6.45, 7) is 5.92. The summed E-state index contributed by atoms with van der Waals surface area (Å²) in [6, 6.07) is 3.86. The van der Waals surface area contributed by atoms with Crippen molar-refractivity contribution in [3.63, 3.8) is 0 Å². The molecule has 2 aromatic heterocycles. The van der Waals surface area contributed by atoms with Gasteiger partial charge >= 0.3 is 0 Å². The number of aromatic nitrogens is 5. The number of likely N-dealkylation sites (N-methyl/N-ethyl adjacent to an activating group) is 1. The Labute approximate surface area is 152 Å². The van der Waals surface area contributed by atoms with E-state index < -0.39 is 0 Å². The van der Waals surface area contributed by atoms with Gasteiger partial charge in [-0.3, -0.25) is 14.7 Å². The van der Waals surface area contributed by atoms with Gasteiger partial charge in [0.15, 0.2) is 5.82 Å². The maximum absolute atomic E-state index is 12.8. The number of carbonyl (C=O) groups excluding carboxylic acids is 1. The molecule has 1 amide bonds. The lowest BCUT2D eigenvalue weighted by Gasteiger charge is -2.28. The van der Waals surface area contributed by atoms with Crippen molar-refractivity contribution < 1.29 is 9.53 Å². The van der Waals surface area contributed by atoms with E-state index in [1.54, 1.807) is 22.0 Å². The largest absolute Gasteiger partial charge is 0.379 e. The summed E-state index contributed by atoms with van der Waals surface area (Å²) in [6.07, 6.45) is 4.35. The molecule has 0 aliphatic carbocycles. The van der Waals surface area contributed by atoms with Crippen LogP contribution in [-0.4, -0.2) is 74.2 Å². The van der Waals surface area contributed by atoms with Gasteiger partial charge in [0.1, 0.15) is 6.54 Å². The maximum Gasteiger partial charge on any atom is 0.244 e. The first-order valence-corrected chi connectivity index (χ1v) is 8.89. The zero-order valence-electron chi connectivity index (χ0n) is 15.3. The lowest BCUT2D eigenvalue weighted by molar-refractivity contribution is -0.133. The van der Waals surface area contributed by atoms with Crippen LogP contribution in [0.5, 0.6) is 0 Å². The maximum atomic E-state index is 12.8. The SMILES string of the molecule is CCC(c1cccnc1)N(C)C(=O)Cn1nnnc1CN1CCOCC1. The first kappa shape index (κ1) is 18.4. The molecule has 1 aliphatic heterocycles. The molecule has 1 fully saturated rings. The van der Waals surface area contributed by atoms with Crippen molar-refractivity contribution in [3.8, 4) is 0 Å². The molecular weight excluding hydrogens is 334 g/mol. The predicted octanol–water partition coefficient (Wildman–Crippen LogP) is 0.510. The van der Waals surface area contributed by atoms with Crippen LogP contribution in [0.2, 0.25) is 0 Å². The number of hydrogen-bond acceptors (Lipinski definition) is 7. The molecular formula is C17H25N7O2. The molecule has 1 unspecified atom stereocenters. The van der Waals surface area contributed by atoms with Crippen LogP contribution in [0.1, 0.15) is 30.8 Å². The monoisotopic (exact) mass is 359 g/mol. The molecule has 1 atom stereocenters. The summed E-state index contributed by atoms with van der Waals surface area (Å²) >= 11 is 0. The minimum atomic E-state index is -0.0313. The fourth-order valence-electron chi connectivity index (χ4n) is 3.14. The van der Waals surface area contributed by atoms with Gasteiger partial charge in [-0.15, -0.1) is 5.10 Å². The topological polar surface area (TPSA) is 89.3 Å². The molecule has 140 valence electrons. The number of pyridine rings is 1. The Kier molecular flexibility index (Phi) is 6.24. The third-order valence-electron chi connectivity index (χ3n) is 4.68. The third kappa shape index (κ3) is 4.41. The van der Waals surface area contributed by atoms with E-state index in [0.717, 1.165) is 25.1 Å². The number of tetrazole rings is 1. The van der Waals surface area contributed by atoms with Crippen LogP contribution in [0, 0.1) is 0 Å². The summed E-state index contributed by atoms with van der Waals surface area (Å²) in [5.74, 6) is 0.666. The number of hydrogen-bond donors (Lipinski definition) is 0. The highest BCUT2D eigenvalue weighted by Gasteiger charge is 2.22. The highest BCUT2D eigenvalue weighted by atomic mass is 16.5. The van der Waals surface area contributed by atoms with Crippen LogP contribution in [0.15, 0.2) is 24.5 Å². The first-order chi connectivity index (χ1) is 12.7. The van der Waals surface area contributed by atoms with Crippen molar-refractivity contribution in [2.24, 2.45) is 0 Å². The Morgan fingerprint density at radius 2 is 2.19 bits per heavy atom. The van der Waals surface area contributed by atoms with Crippen molar-refractivity contribution in [2.45, 2.75) is 32.5 Å². The molecule has 0 saturated carbocycles. The zero-order chi connectivity index (χ0) is 18.4. The minimum absolute atomic E-state index is 0.0182. The van der Waals surface area contributed by atoms with Gasteiger partial charge in [-0.1, -0.05) is 13.0 Å². The van der Waals surface area contributed by atoms with Gasteiger partial charge < -0.3 is 9.64 Å². The summed E-state index contributed by atoms with van der Waals surface area (Å²) in [7, 11) is 1.81. The van der Waals surface area contributed by atoms with E-state index in [4.69, 9.17) is 4.74 Å². The van der Waals surface area contributed by atoms with Crippen LogP contribution in [0.4, 0.5) is 0 Å². The Hall–Kier alpha value is -2.39. The Morgan fingerprint density at radius 1 is 1.38 bits per heavy atom. The van der Waals surface area contributed by atoms with Crippen LogP contribution < -0.4 is 0 Å². The molecule has 0 aromatic carbocycles. The van der Waals surface area contributed by atoms with E-state index in [-0.39, 0.29) is 18.5 Å². The number of nitrogens with zero attached hydrogens (tertiary/aromatic N) is 7. The van der Waals surface area contributed by atoms with Crippen LogP contribution in [0.3, 0.4) is 0 Å². The molecule has 3 rings (SSSR count). The van der Waals surface area contributed by atoms with Gasteiger partial charge in [-0.05, 0) is 28.5 Å². The van der Waals surface area contributed by atoms with Gasteiger partial charge in [0.2, 0.25) is 5.91 Å². The number of rotatable bonds is 7. The highest BCUT2D eigenvalue weighted by molar-refractivity contribution is 5.76. The van der Waals surface area contributed by atoms with Crippen molar-refractivity contribution >= 4 is 5.91 Å². The summed E-state index contributed by atoms with van der Waals surface area (Å²) in [4.78, 5) is 20.9. The quantitative estimate of drug-likeness (QED) is 0.711. The molecule has 0 radical (unpaired) electrons. The summed E-state index contributed by atoms with van der Waals surface area (Å²) in [5.41, 5.74) is 1.02. The van der Waals surface area contributed by atoms with Gasteiger partial charge in [-0.2, -0.15) is 0 Å². The molecule has 0 spiro atoms. The van der Waals surface area contributed by atoms with Crippen molar-refractivity contribution in [1.82, 2.24) is 35.0 Å². The molecule has 9 nitrogen and oxygen atoms in total. The second kappa shape index (κ2) is 8.81. The lowest BCUT2D eigenvalue weighted by Crippen LogP contribution is -2.37. The van der Waals surface area contributed by atoms with E-state index >= 15 is 0 Å². The third-order valence-corrected chi connectivity index (χ3v) is 4.68. The Balaban J connectivity index is 1.65. The number of carbonyl (C=O) groups is 1. The van der Waals surface area contributed by atoms with E-state index in [0.29, 0.717) is 25.6 Å². The molecule has 26 heavy (non-hydrogen) atoms. The molecule has 1 aliphatic rings. The second-order valence-corrected chi connectivity index (χ2v) is 6.36. The Bertz CT molecular complexity index is 700. The van der Waals surface area contributed by atoms with Crippen LogP contribution >= 0.6 is 0 Å². The Morgan fingerprint density at radius 3 is 2.88 bits per heavy atom. The summed E-state index contributed by atoms with van der Waals surface area (Å²) in [5, 5.41) is 11.8. The molecule has 9 heteroatoms. The minimum Gasteiger partial charge on any atom is -0.379 e. The smallest absolute Gasteiger partial charge is 0.244 e. The lowest BCUT2D eigenvalue weighted by atomic mass is 10.1. The van der Waals surface area contributed by atoms with E-state index in [9.17, 15) is 4.79 Å². The normalized spacial score (nSPS) is 16.4. The summed E-state index contributed by atoms with van der Waals surface area (Å²) < 4.78 is 6.95. The standard InChI is InChI=1S/C17H25N7O2/c1-3-15(14-5-4-6-18-11-14)22(2)17(25)13-24-16(19-20-21-24)12-23-7-9-26-10-8-23/h4-6,11,15H,3,7-10,12-13H2,1-2H3. The molecule has 1 saturated heterocycles. The second-order valence-electron chi connectivity index (χ2n) is 6.36. The molecule has 0 N–H and O–H groups in total. The number of morpholine rings is 1. The highest BCUT2D eigenvalue weighted by Crippen LogP contribution is 2.22. The van der Waals surface area contributed by atoms with Gasteiger partial charge in [-0.25, -0.2) is 4.68 Å². The molecule has 3 heterocycles. The number of amides is 1. The average Bonchev–Trinajstić information content (AvgIpc) is 3.10. The molecule has 0 bridgehead atoms. The number of ether oxygens (including phenoxy) is 1. The van der Waals surface area contributed by atoms with Crippen LogP contribution in [0.25, 0.3) is 0 Å². The van der Waals surface area contributed by atoms with Crippen molar-refractivity contribution in [2.75, 3.05) is 33.4 Å². The van der Waals surface area contributed by atoms with Gasteiger partial charge in [0.25, 0.3) is 0 Å². The van der Waals surface area contributed by atoms with E-state index in [1.807, 2.05) is 19.2 Å². The van der Waals surface area contributed by atoms with Crippen LogP contribution in [-0.2, 0) is 22.6 Å². The fourth-order valence-corrected chi connectivity index (χ4v) is 3.14. The fraction of sp³-hybridized carbons (Fsp3) is 0.588. The van der Waals surface area contributed by atoms with Crippen molar-refractivity contribution in [3.05, 3.63) is 35.9 Å². The van der Waals surface area contributed by atoms with Gasteiger partial charge in [0.05, 0.1) is 25.8 Å². The predicted molar refractivity (Wildman–Crippen MR) is 94.0 cm³/mol. The van der Waals surface area contributed by atoms with Gasteiger partial charge in [0, 0.05) is 32.5 Å². The van der Waals surface area contributed by atoms with Crippen molar-refractivity contribution in [1.29, 1.82) is 0 Å². The first-order valence-electron chi connectivity index (χ1n) is 8.89. The van der Waals surface area contributed by atoms with E-state index in [2.05, 4.69) is 32.3 Å². The average molecular weight is 359 g/mol. The molecule has 2 aromatic rings. The van der Waals surface area contributed by atoms with E-state index in [1.165, 1.54) is 0 Å². The zero-order valence-corrected chi connectivity index (χ0v) is 15.3.